The lowest BCUT2D eigenvalue weighted by Gasteiger charge is -2.04. The van der Waals surface area contributed by atoms with Gasteiger partial charge in [-0.05, 0) is 31.3 Å². The van der Waals surface area contributed by atoms with E-state index in [0.717, 1.165) is 11.3 Å². The molecule has 0 atom stereocenters. The molecule has 0 amide bonds. The Kier molecular flexibility index (Phi) is 2.56. The van der Waals surface area contributed by atoms with Gasteiger partial charge in [0, 0.05) is 5.69 Å². The first kappa shape index (κ1) is 10.9. The van der Waals surface area contributed by atoms with Gasteiger partial charge in [-0.1, -0.05) is 23.4 Å². The summed E-state index contributed by atoms with van der Waals surface area (Å²) in [7, 11) is 0. The molecule has 0 aliphatic carbocycles. The zero-order chi connectivity index (χ0) is 12.5. The van der Waals surface area contributed by atoms with Gasteiger partial charge in [0.15, 0.2) is 10.6 Å². The molecule has 2 heterocycles. The Morgan fingerprint density at radius 1 is 1.28 bits per heavy atom. The molecule has 0 saturated heterocycles. The van der Waals surface area contributed by atoms with Crippen molar-refractivity contribution in [3.8, 4) is 17.1 Å². The molecule has 1 aromatic carbocycles. The van der Waals surface area contributed by atoms with E-state index in [1.807, 2.05) is 41.8 Å². The van der Waals surface area contributed by atoms with Crippen LogP contribution in [0.3, 0.4) is 0 Å². The number of H-pyrrole nitrogens is 1. The number of para-hydroxylation sites is 1. The van der Waals surface area contributed by atoms with Crippen molar-refractivity contribution in [1.82, 2.24) is 19.9 Å². The third-order valence-corrected chi connectivity index (χ3v) is 2.95. The summed E-state index contributed by atoms with van der Waals surface area (Å²) in [5, 5.41) is 10.8. The molecule has 0 aliphatic rings. The minimum Gasteiger partial charge on any atom is -0.361 e. The highest BCUT2D eigenvalue weighted by molar-refractivity contribution is 7.71. The predicted octanol–water partition coefficient (Wildman–Crippen LogP) is 2.89. The highest BCUT2D eigenvalue weighted by Gasteiger charge is 2.15. The van der Waals surface area contributed by atoms with Crippen LogP contribution in [-0.4, -0.2) is 19.9 Å². The van der Waals surface area contributed by atoms with E-state index in [2.05, 4.69) is 15.4 Å². The number of hydrogen-bond donors (Lipinski definition) is 1. The molecule has 6 heteroatoms. The molecule has 0 saturated carbocycles. The van der Waals surface area contributed by atoms with Crippen molar-refractivity contribution < 1.29 is 4.52 Å². The number of nitrogens with zero attached hydrogens (tertiary/aromatic N) is 3. The van der Waals surface area contributed by atoms with Crippen LogP contribution in [0.1, 0.15) is 5.76 Å². The molecule has 2 aromatic heterocycles. The van der Waals surface area contributed by atoms with E-state index < -0.39 is 0 Å². The van der Waals surface area contributed by atoms with Crippen molar-refractivity contribution in [2.24, 2.45) is 0 Å². The SMILES string of the molecule is Cc1oncc1-c1n[nH]c(=S)n1-c1ccccc1. The van der Waals surface area contributed by atoms with Gasteiger partial charge >= 0.3 is 0 Å². The molecule has 0 aliphatic heterocycles. The van der Waals surface area contributed by atoms with Gasteiger partial charge in [-0.15, -0.1) is 0 Å². The molecule has 3 rings (SSSR count). The number of rotatable bonds is 2. The van der Waals surface area contributed by atoms with Crippen molar-refractivity contribution in [3.63, 3.8) is 0 Å². The van der Waals surface area contributed by atoms with Gasteiger partial charge in [0.25, 0.3) is 0 Å². The van der Waals surface area contributed by atoms with E-state index in [-0.39, 0.29) is 0 Å². The lowest BCUT2D eigenvalue weighted by Crippen LogP contribution is -1.97. The second kappa shape index (κ2) is 4.23. The maximum Gasteiger partial charge on any atom is 0.200 e. The second-order valence-corrected chi connectivity index (χ2v) is 4.21. The molecule has 1 N–H and O–H groups in total. The fourth-order valence-corrected chi connectivity index (χ4v) is 2.05. The molecule has 0 unspecified atom stereocenters. The Balaban J connectivity index is 2.26. The normalized spacial score (nSPS) is 10.7. The van der Waals surface area contributed by atoms with Crippen LogP contribution < -0.4 is 0 Å². The van der Waals surface area contributed by atoms with Crippen LogP contribution in [0.15, 0.2) is 41.1 Å². The molecule has 0 radical (unpaired) electrons. The summed E-state index contributed by atoms with van der Waals surface area (Å²) < 4.78 is 7.46. The largest absolute Gasteiger partial charge is 0.361 e. The molecule has 0 spiro atoms. The average molecular weight is 258 g/mol. The third kappa shape index (κ3) is 1.67. The summed E-state index contributed by atoms with van der Waals surface area (Å²) in [6.07, 6.45) is 1.64. The van der Waals surface area contributed by atoms with E-state index in [1.54, 1.807) is 6.20 Å². The topological polar surface area (TPSA) is 59.6 Å². The summed E-state index contributed by atoms with van der Waals surface area (Å²) in [4.78, 5) is 0. The van der Waals surface area contributed by atoms with Crippen LogP contribution in [0, 0.1) is 11.7 Å². The van der Waals surface area contributed by atoms with Crippen LogP contribution in [-0.2, 0) is 0 Å². The first-order valence-electron chi connectivity index (χ1n) is 5.42. The molecule has 18 heavy (non-hydrogen) atoms. The lowest BCUT2D eigenvalue weighted by molar-refractivity contribution is 0.398. The first-order chi connectivity index (χ1) is 8.77. The maximum atomic E-state index is 5.27. The van der Waals surface area contributed by atoms with Crippen molar-refractivity contribution >= 4 is 12.2 Å². The average Bonchev–Trinajstić information content (AvgIpc) is 2.96. The van der Waals surface area contributed by atoms with Crippen molar-refractivity contribution in [2.75, 3.05) is 0 Å². The van der Waals surface area contributed by atoms with Crippen LogP contribution in [0.2, 0.25) is 0 Å². The highest BCUT2D eigenvalue weighted by Crippen LogP contribution is 2.23. The van der Waals surface area contributed by atoms with Gasteiger partial charge < -0.3 is 4.52 Å². The van der Waals surface area contributed by atoms with E-state index >= 15 is 0 Å². The number of aromatic amines is 1. The number of benzene rings is 1. The number of nitrogens with one attached hydrogen (secondary N) is 1. The molecule has 90 valence electrons. The van der Waals surface area contributed by atoms with E-state index in [1.165, 1.54) is 0 Å². The molecule has 0 bridgehead atoms. The third-order valence-electron chi connectivity index (χ3n) is 2.68. The second-order valence-electron chi connectivity index (χ2n) is 3.82. The Morgan fingerprint density at radius 2 is 2.06 bits per heavy atom. The minimum atomic E-state index is 0.539. The van der Waals surface area contributed by atoms with E-state index in [4.69, 9.17) is 16.7 Å². The first-order valence-corrected chi connectivity index (χ1v) is 5.82. The zero-order valence-corrected chi connectivity index (χ0v) is 10.4. The molecular formula is C12H10N4OS. The predicted molar refractivity (Wildman–Crippen MR) is 69.0 cm³/mol. The van der Waals surface area contributed by atoms with Crippen molar-refractivity contribution in [2.45, 2.75) is 6.92 Å². The van der Waals surface area contributed by atoms with Crippen LogP contribution in [0.4, 0.5) is 0 Å². The summed E-state index contributed by atoms with van der Waals surface area (Å²) in [6, 6.07) is 9.80. The lowest BCUT2D eigenvalue weighted by atomic mass is 10.2. The van der Waals surface area contributed by atoms with Crippen LogP contribution in [0.25, 0.3) is 17.1 Å². The highest BCUT2D eigenvalue weighted by atomic mass is 32.1. The Hall–Kier alpha value is -2.21. The van der Waals surface area contributed by atoms with Crippen LogP contribution in [0.5, 0.6) is 0 Å². The minimum absolute atomic E-state index is 0.539. The quantitative estimate of drug-likeness (QED) is 0.718. The van der Waals surface area contributed by atoms with Crippen molar-refractivity contribution in [1.29, 1.82) is 0 Å². The summed E-state index contributed by atoms with van der Waals surface area (Å²) >= 11 is 5.27. The van der Waals surface area contributed by atoms with E-state index in [9.17, 15) is 0 Å². The standard InChI is InChI=1S/C12H10N4OS/c1-8-10(7-13-17-8)11-14-15-12(18)16(11)9-5-3-2-4-6-9/h2-7H,1H3,(H,15,18). The Bertz CT molecular complexity index is 726. The number of hydrogen-bond acceptors (Lipinski definition) is 4. The van der Waals surface area contributed by atoms with Gasteiger partial charge in [0.1, 0.15) is 5.76 Å². The summed E-state index contributed by atoms with van der Waals surface area (Å²) in [6.45, 7) is 1.84. The molecular weight excluding hydrogens is 248 g/mol. The smallest absolute Gasteiger partial charge is 0.200 e. The zero-order valence-electron chi connectivity index (χ0n) is 9.62. The monoisotopic (exact) mass is 258 g/mol. The molecule has 5 nitrogen and oxygen atoms in total. The number of aromatic nitrogens is 4. The van der Waals surface area contributed by atoms with Gasteiger partial charge in [0.2, 0.25) is 0 Å². The number of aryl methyl sites for hydroxylation is 1. The van der Waals surface area contributed by atoms with Crippen molar-refractivity contribution in [3.05, 3.63) is 47.1 Å². The van der Waals surface area contributed by atoms with Gasteiger partial charge in [-0.2, -0.15) is 5.10 Å². The Morgan fingerprint density at radius 3 is 2.72 bits per heavy atom. The summed E-state index contributed by atoms with van der Waals surface area (Å²) in [5.41, 5.74) is 1.78. The maximum absolute atomic E-state index is 5.27. The van der Waals surface area contributed by atoms with Crippen LogP contribution >= 0.6 is 12.2 Å². The molecule has 0 fully saturated rings. The Labute approximate surface area is 108 Å². The van der Waals surface area contributed by atoms with Gasteiger partial charge in [-0.3, -0.25) is 9.67 Å². The fraction of sp³-hybridized carbons (Fsp3) is 0.0833. The molecule has 3 aromatic rings. The van der Waals surface area contributed by atoms with Gasteiger partial charge in [0.05, 0.1) is 11.8 Å². The fourth-order valence-electron chi connectivity index (χ4n) is 1.81. The van der Waals surface area contributed by atoms with Gasteiger partial charge in [-0.25, -0.2) is 0 Å². The van der Waals surface area contributed by atoms with E-state index in [0.29, 0.717) is 16.4 Å². The summed E-state index contributed by atoms with van der Waals surface area (Å²) in [5.74, 6) is 1.41.